The monoisotopic (exact) mass is 223 g/mol. The van der Waals surface area contributed by atoms with E-state index in [0.717, 1.165) is 38.1 Å². The zero-order valence-corrected chi connectivity index (χ0v) is 9.39. The number of ether oxygens (including phenoxy) is 2. The Hall–Kier alpha value is -0.940. The van der Waals surface area contributed by atoms with Gasteiger partial charge >= 0.3 is 0 Å². The van der Waals surface area contributed by atoms with Crippen LogP contribution in [-0.2, 0) is 29.0 Å². The summed E-state index contributed by atoms with van der Waals surface area (Å²) in [7, 11) is 0. The topological polar surface area (TPSA) is 49.2 Å². The highest BCUT2D eigenvalue weighted by Gasteiger charge is 2.20. The molecule has 5 heteroatoms. The maximum atomic E-state index is 5.71. The van der Waals surface area contributed by atoms with Crippen molar-refractivity contribution in [3.05, 3.63) is 11.4 Å². The first-order valence-electron chi connectivity index (χ1n) is 6.08. The van der Waals surface area contributed by atoms with E-state index in [1.54, 1.807) is 0 Å². The van der Waals surface area contributed by atoms with E-state index in [9.17, 15) is 0 Å². The molecule has 3 rings (SSSR count). The van der Waals surface area contributed by atoms with Crippen LogP contribution in [0.25, 0.3) is 0 Å². The van der Waals surface area contributed by atoms with Gasteiger partial charge in [-0.3, -0.25) is 0 Å². The van der Waals surface area contributed by atoms with Gasteiger partial charge < -0.3 is 9.47 Å². The first kappa shape index (κ1) is 10.2. The number of hydrogen-bond donors (Lipinski definition) is 0. The van der Waals surface area contributed by atoms with Gasteiger partial charge in [0.2, 0.25) is 0 Å². The molecule has 1 atom stereocenters. The zero-order chi connectivity index (χ0) is 10.8. The van der Waals surface area contributed by atoms with Crippen LogP contribution in [0.4, 0.5) is 0 Å². The summed E-state index contributed by atoms with van der Waals surface area (Å²) in [4.78, 5) is 0. The van der Waals surface area contributed by atoms with Gasteiger partial charge in [-0.1, -0.05) is 5.21 Å². The van der Waals surface area contributed by atoms with Crippen LogP contribution in [0.1, 0.15) is 37.1 Å². The number of rotatable bonds is 3. The van der Waals surface area contributed by atoms with Crippen molar-refractivity contribution in [2.24, 2.45) is 0 Å². The third-order valence-electron chi connectivity index (χ3n) is 3.25. The summed E-state index contributed by atoms with van der Waals surface area (Å²) in [5.74, 6) is 0. The van der Waals surface area contributed by atoms with Crippen molar-refractivity contribution in [3.8, 4) is 0 Å². The second-order valence-corrected chi connectivity index (χ2v) is 4.42. The Morgan fingerprint density at radius 3 is 3.25 bits per heavy atom. The first-order chi connectivity index (χ1) is 7.93. The summed E-state index contributed by atoms with van der Waals surface area (Å²) in [6.45, 7) is 2.37. The van der Waals surface area contributed by atoms with Crippen molar-refractivity contribution in [1.29, 1.82) is 0 Å². The summed E-state index contributed by atoms with van der Waals surface area (Å²) >= 11 is 0. The first-order valence-corrected chi connectivity index (χ1v) is 6.08. The van der Waals surface area contributed by atoms with Gasteiger partial charge in [-0.05, 0) is 32.1 Å². The molecule has 3 heterocycles. The van der Waals surface area contributed by atoms with E-state index in [0.29, 0.717) is 6.61 Å². The Morgan fingerprint density at radius 2 is 2.38 bits per heavy atom. The average molecular weight is 223 g/mol. The molecule has 0 bridgehead atoms. The Balaban J connectivity index is 1.57. The molecule has 0 aliphatic carbocycles. The summed E-state index contributed by atoms with van der Waals surface area (Å²) in [6, 6.07) is 0. The standard InChI is InChI=1S/C11H17N3O2/c1-2-7-15-11(5-1)16-8-9-10-4-3-6-14(10)13-12-9/h11H,1-8H2. The van der Waals surface area contributed by atoms with Crippen LogP contribution in [0.5, 0.6) is 0 Å². The maximum absolute atomic E-state index is 5.71. The highest BCUT2D eigenvalue weighted by molar-refractivity contribution is 5.11. The molecule has 1 aromatic rings. The van der Waals surface area contributed by atoms with Crippen molar-refractivity contribution in [3.63, 3.8) is 0 Å². The zero-order valence-electron chi connectivity index (χ0n) is 9.39. The van der Waals surface area contributed by atoms with E-state index in [1.807, 2.05) is 4.68 Å². The predicted molar refractivity (Wildman–Crippen MR) is 56.7 cm³/mol. The normalized spacial score (nSPS) is 24.6. The van der Waals surface area contributed by atoms with E-state index in [-0.39, 0.29) is 6.29 Å². The minimum atomic E-state index is -0.0347. The molecule has 2 aliphatic rings. The fourth-order valence-corrected chi connectivity index (χ4v) is 2.34. The van der Waals surface area contributed by atoms with Crippen LogP contribution >= 0.6 is 0 Å². The van der Waals surface area contributed by atoms with Crippen LogP contribution in [0.15, 0.2) is 0 Å². The van der Waals surface area contributed by atoms with Gasteiger partial charge in [0.1, 0.15) is 5.69 Å². The van der Waals surface area contributed by atoms with E-state index in [2.05, 4.69) is 10.3 Å². The van der Waals surface area contributed by atoms with Crippen LogP contribution in [0, 0.1) is 0 Å². The van der Waals surface area contributed by atoms with E-state index in [1.165, 1.54) is 18.5 Å². The fourth-order valence-electron chi connectivity index (χ4n) is 2.34. The number of fused-ring (bicyclic) bond motifs is 1. The SMILES string of the molecule is C1CCC(OCc2nnn3c2CCC3)OC1. The van der Waals surface area contributed by atoms with Gasteiger partial charge in [-0.15, -0.1) is 5.10 Å². The molecule has 88 valence electrons. The largest absolute Gasteiger partial charge is 0.353 e. The number of aryl methyl sites for hydroxylation is 1. The van der Waals surface area contributed by atoms with Crippen molar-refractivity contribution in [2.45, 2.75) is 51.5 Å². The molecule has 2 aliphatic heterocycles. The van der Waals surface area contributed by atoms with Gasteiger partial charge in [0.15, 0.2) is 6.29 Å². The highest BCUT2D eigenvalue weighted by atomic mass is 16.7. The average Bonchev–Trinajstić information content (AvgIpc) is 2.90. The highest BCUT2D eigenvalue weighted by Crippen LogP contribution is 2.19. The lowest BCUT2D eigenvalue weighted by molar-refractivity contribution is -0.169. The molecule has 1 unspecified atom stereocenters. The van der Waals surface area contributed by atoms with Gasteiger partial charge in [-0.25, -0.2) is 4.68 Å². The van der Waals surface area contributed by atoms with Crippen LogP contribution in [-0.4, -0.2) is 27.9 Å². The lowest BCUT2D eigenvalue weighted by Crippen LogP contribution is -2.22. The number of aromatic nitrogens is 3. The van der Waals surface area contributed by atoms with Gasteiger partial charge in [-0.2, -0.15) is 0 Å². The summed E-state index contributed by atoms with van der Waals surface area (Å²) < 4.78 is 13.2. The van der Waals surface area contributed by atoms with Crippen molar-refractivity contribution >= 4 is 0 Å². The molecule has 1 aromatic heterocycles. The molecule has 1 saturated heterocycles. The lowest BCUT2D eigenvalue weighted by Gasteiger charge is -2.22. The molecule has 0 saturated carbocycles. The minimum Gasteiger partial charge on any atom is -0.353 e. The van der Waals surface area contributed by atoms with Crippen molar-refractivity contribution < 1.29 is 9.47 Å². The second kappa shape index (κ2) is 4.51. The molecule has 1 fully saturated rings. The minimum absolute atomic E-state index is 0.0347. The Bertz CT molecular complexity index is 358. The van der Waals surface area contributed by atoms with Gasteiger partial charge in [0, 0.05) is 13.2 Å². The Labute approximate surface area is 94.7 Å². The smallest absolute Gasteiger partial charge is 0.158 e. The molecule has 0 radical (unpaired) electrons. The number of hydrogen-bond acceptors (Lipinski definition) is 4. The third kappa shape index (κ3) is 1.97. The molecule has 0 aromatic carbocycles. The van der Waals surface area contributed by atoms with Crippen LogP contribution in [0.3, 0.4) is 0 Å². The second-order valence-electron chi connectivity index (χ2n) is 4.42. The third-order valence-corrected chi connectivity index (χ3v) is 3.25. The molecule has 0 spiro atoms. The Morgan fingerprint density at radius 1 is 1.38 bits per heavy atom. The van der Waals surface area contributed by atoms with Gasteiger partial charge in [0.05, 0.1) is 12.3 Å². The summed E-state index contributed by atoms with van der Waals surface area (Å²) in [5, 5.41) is 8.26. The molecule has 16 heavy (non-hydrogen) atoms. The van der Waals surface area contributed by atoms with E-state index in [4.69, 9.17) is 9.47 Å². The van der Waals surface area contributed by atoms with Crippen molar-refractivity contribution in [1.82, 2.24) is 15.0 Å². The molecule has 0 N–H and O–H groups in total. The quantitative estimate of drug-likeness (QED) is 0.774. The van der Waals surface area contributed by atoms with Crippen molar-refractivity contribution in [2.75, 3.05) is 6.61 Å². The molecular formula is C11H17N3O2. The maximum Gasteiger partial charge on any atom is 0.158 e. The molecule has 5 nitrogen and oxygen atoms in total. The van der Waals surface area contributed by atoms with Crippen LogP contribution < -0.4 is 0 Å². The fraction of sp³-hybridized carbons (Fsp3) is 0.818. The van der Waals surface area contributed by atoms with E-state index < -0.39 is 0 Å². The summed E-state index contributed by atoms with van der Waals surface area (Å²) in [5.41, 5.74) is 2.24. The predicted octanol–water partition coefficient (Wildman–Crippen LogP) is 1.27. The van der Waals surface area contributed by atoms with E-state index >= 15 is 0 Å². The van der Waals surface area contributed by atoms with Crippen LogP contribution in [0.2, 0.25) is 0 Å². The van der Waals surface area contributed by atoms with Gasteiger partial charge in [0.25, 0.3) is 0 Å². The summed E-state index contributed by atoms with van der Waals surface area (Å²) in [6.07, 6.45) is 5.58. The number of nitrogens with zero attached hydrogens (tertiary/aromatic N) is 3. The lowest BCUT2D eigenvalue weighted by atomic mass is 10.2. The molecular weight excluding hydrogens is 206 g/mol. The Kier molecular flexibility index (Phi) is 2.88. The molecule has 0 amide bonds.